The van der Waals surface area contributed by atoms with Gasteiger partial charge in [-0.3, -0.25) is 0 Å². The van der Waals surface area contributed by atoms with Crippen LogP contribution in [0.2, 0.25) is 0 Å². The van der Waals surface area contributed by atoms with Crippen molar-refractivity contribution in [2.24, 2.45) is 0 Å². The quantitative estimate of drug-likeness (QED) is 0.791. The van der Waals surface area contributed by atoms with E-state index < -0.39 is 11.6 Å². The van der Waals surface area contributed by atoms with Crippen LogP contribution in [0.5, 0.6) is 0 Å². The lowest BCUT2D eigenvalue weighted by molar-refractivity contribution is 0.587. The zero-order valence-corrected chi connectivity index (χ0v) is 10.2. The molecule has 0 radical (unpaired) electrons. The van der Waals surface area contributed by atoms with Gasteiger partial charge in [-0.15, -0.1) is 0 Å². The van der Waals surface area contributed by atoms with Crippen molar-refractivity contribution in [2.75, 3.05) is 11.1 Å². The molecule has 4 heteroatoms. The number of aryl methyl sites for hydroxylation is 2. The summed E-state index contributed by atoms with van der Waals surface area (Å²) in [6.07, 6.45) is 0. The lowest BCUT2D eigenvalue weighted by atomic mass is 10.1. The first kappa shape index (κ1) is 12.4. The highest BCUT2D eigenvalue weighted by Gasteiger charge is 2.09. The van der Waals surface area contributed by atoms with Gasteiger partial charge >= 0.3 is 0 Å². The van der Waals surface area contributed by atoms with Crippen molar-refractivity contribution in [2.45, 2.75) is 13.8 Å². The zero-order chi connectivity index (χ0) is 13.3. The molecule has 2 aromatic rings. The molecule has 0 aromatic heterocycles. The van der Waals surface area contributed by atoms with Crippen LogP contribution in [-0.2, 0) is 0 Å². The molecule has 0 fully saturated rings. The van der Waals surface area contributed by atoms with Crippen LogP contribution in [0.25, 0.3) is 0 Å². The van der Waals surface area contributed by atoms with E-state index in [9.17, 15) is 8.78 Å². The second kappa shape index (κ2) is 4.64. The van der Waals surface area contributed by atoms with Gasteiger partial charge in [0, 0.05) is 11.8 Å². The molecule has 0 aliphatic rings. The van der Waals surface area contributed by atoms with Gasteiger partial charge in [0.2, 0.25) is 0 Å². The van der Waals surface area contributed by atoms with Crippen molar-refractivity contribution in [1.82, 2.24) is 0 Å². The fourth-order valence-corrected chi connectivity index (χ4v) is 1.79. The average Bonchev–Trinajstić information content (AvgIpc) is 2.29. The fourth-order valence-electron chi connectivity index (χ4n) is 1.79. The molecule has 2 aromatic carbocycles. The van der Waals surface area contributed by atoms with Crippen molar-refractivity contribution < 1.29 is 8.78 Å². The Kier molecular flexibility index (Phi) is 3.19. The Labute approximate surface area is 104 Å². The largest absolute Gasteiger partial charge is 0.395 e. The normalized spacial score (nSPS) is 10.4. The molecule has 0 aliphatic carbocycles. The summed E-state index contributed by atoms with van der Waals surface area (Å²) in [6.45, 7) is 3.90. The summed E-state index contributed by atoms with van der Waals surface area (Å²) in [7, 11) is 0. The Morgan fingerprint density at radius 3 is 2.39 bits per heavy atom. The molecule has 3 N–H and O–H groups in total. The summed E-state index contributed by atoms with van der Waals surface area (Å²) in [4.78, 5) is 0. The molecule has 2 nitrogen and oxygen atoms in total. The van der Waals surface area contributed by atoms with Gasteiger partial charge in [-0.05, 0) is 31.5 Å². The van der Waals surface area contributed by atoms with Crippen molar-refractivity contribution in [3.8, 4) is 0 Å². The first-order valence-electron chi connectivity index (χ1n) is 5.56. The first-order chi connectivity index (χ1) is 8.47. The summed E-state index contributed by atoms with van der Waals surface area (Å²) >= 11 is 0. The molecule has 18 heavy (non-hydrogen) atoms. The molecule has 0 saturated heterocycles. The van der Waals surface area contributed by atoms with E-state index in [1.165, 1.54) is 6.07 Å². The molecular formula is C14H14F2N2. The van der Waals surface area contributed by atoms with Crippen LogP contribution in [0, 0.1) is 25.5 Å². The van der Waals surface area contributed by atoms with Gasteiger partial charge in [0.05, 0.1) is 11.4 Å². The van der Waals surface area contributed by atoms with E-state index >= 15 is 0 Å². The molecule has 0 bridgehead atoms. The topological polar surface area (TPSA) is 38.0 Å². The molecule has 2 rings (SSSR count). The van der Waals surface area contributed by atoms with Crippen LogP contribution in [-0.4, -0.2) is 0 Å². The second-order valence-corrected chi connectivity index (χ2v) is 4.29. The smallest absolute Gasteiger partial charge is 0.151 e. The molecule has 0 unspecified atom stereocenters. The number of nitrogen functional groups attached to an aromatic ring is 1. The van der Waals surface area contributed by atoms with E-state index in [4.69, 9.17) is 5.73 Å². The minimum Gasteiger partial charge on any atom is -0.395 e. The van der Waals surface area contributed by atoms with E-state index in [0.29, 0.717) is 0 Å². The van der Waals surface area contributed by atoms with Gasteiger partial charge in [0.25, 0.3) is 0 Å². The van der Waals surface area contributed by atoms with Gasteiger partial charge in [0.1, 0.15) is 5.82 Å². The van der Waals surface area contributed by atoms with Crippen LogP contribution >= 0.6 is 0 Å². The minimum atomic E-state index is -0.762. The Morgan fingerprint density at radius 2 is 1.72 bits per heavy atom. The number of nitrogens with one attached hydrogen (secondary N) is 1. The Balaban J connectivity index is 2.40. The lowest BCUT2D eigenvalue weighted by Crippen LogP contribution is -2.01. The number of hydrogen-bond donors (Lipinski definition) is 2. The van der Waals surface area contributed by atoms with Crippen LogP contribution in [0.15, 0.2) is 30.3 Å². The summed E-state index contributed by atoms with van der Waals surface area (Å²) in [5.41, 5.74) is 8.61. The molecule has 0 heterocycles. The predicted octanol–water partition coefficient (Wildman–Crippen LogP) is 3.91. The standard InChI is InChI=1S/C14H14F2N2/c1-8-3-4-12(9(2)5-8)18-13-7-10(15)6-11(16)14(13)17/h3-7,18H,17H2,1-2H3. The third-order valence-corrected chi connectivity index (χ3v) is 2.75. The Bertz CT molecular complexity index is 595. The second-order valence-electron chi connectivity index (χ2n) is 4.29. The minimum absolute atomic E-state index is 0.0867. The van der Waals surface area contributed by atoms with Gasteiger partial charge in [-0.25, -0.2) is 8.78 Å². The van der Waals surface area contributed by atoms with E-state index in [1.54, 1.807) is 0 Å². The van der Waals surface area contributed by atoms with E-state index in [2.05, 4.69) is 5.32 Å². The Hall–Kier alpha value is -2.10. The fraction of sp³-hybridized carbons (Fsp3) is 0.143. The molecule has 0 atom stereocenters. The van der Waals surface area contributed by atoms with Crippen LogP contribution < -0.4 is 11.1 Å². The maximum Gasteiger partial charge on any atom is 0.151 e. The first-order valence-corrected chi connectivity index (χ1v) is 5.56. The molecule has 0 aliphatic heterocycles. The maximum absolute atomic E-state index is 13.3. The van der Waals surface area contributed by atoms with Gasteiger partial charge < -0.3 is 11.1 Å². The predicted molar refractivity (Wildman–Crippen MR) is 70.0 cm³/mol. The monoisotopic (exact) mass is 248 g/mol. The summed E-state index contributed by atoms with van der Waals surface area (Å²) in [5, 5.41) is 2.94. The third kappa shape index (κ3) is 2.42. The van der Waals surface area contributed by atoms with Crippen LogP contribution in [0.1, 0.15) is 11.1 Å². The van der Waals surface area contributed by atoms with Crippen molar-refractivity contribution in [3.63, 3.8) is 0 Å². The number of anilines is 3. The SMILES string of the molecule is Cc1ccc(Nc2cc(F)cc(F)c2N)c(C)c1. The molecule has 0 spiro atoms. The zero-order valence-electron chi connectivity index (χ0n) is 10.2. The number of benzene rings is 2. The van der Waals surface area contributed by atoms with Crippen LogP contribution in [0.3, 0.4) is 0 Å². The summed E-state index contributed by atoms with van der Waals surface area (Å²) < 4.78 is 26.4. The van der Waals surface area contributed by atoms with Gasteiger partial charge in [-0.2, -0.15) is 0 Å². The highest BCUT2D eigenvalue weighted by molar-refractivity contribution is 5.74. The lowest BCUT2D eigenvalue weighted by Gasteiger charge is -2.13. The van der Waals surface area contributed by atoms with Crippen molar-refractivity contribution >= 4 is 17.1 Å². The highest BCUT2D eigenvalue weighted by Crippen LogP contribution is 2.28. The van der Waals surface area contributed by atoms with Crippen LogP contribution in [0.4, 0.5) is 25.8 Å². The Morgan fingerprint density at radius 1 is 1.00 bits per heavy atom. The summed E-state index contributed by atoms with van der Waals surface area (Å²) in [6, 6.07) is 7.70. The number of rotatable bonds is 2. The van der Waals surface area contributed by atoms with Gasteiger partial charge in [-0.1, -0.05) is 17.7 Å². The number of halogens is 2. The summed E-state index contributed by atoms with van der Waals surface area (Å²) in [5.74, 6) is -1.42. The van der Waals surface area contributed by atoms with Crippen molar-refractivity contribution in [1.29, 1.82) is 0 Å². The molecule has 0 saturated carbocycles. The average molecular weight is 248 g/mol. The third-order valence-electron chi connectivity index (χ3n) is 2.75. The maximum atomic E-state index is 13.3. The van der Waals surface area contributed by atoms with E-state index in [-0.39, 0.29) is 11.4 Å². The van der Waals surface area contributed by atoms with E-state index in [1.807, 2.05) is 32.0 Å². The molecule has 0 amide bonds. The molecular weight excluding hydrogens is 234 g/mol. The highest BCUT2D eigenvalue weighted by atomic mass is 19.1. The number of nitrogens with two attached hydrogens (primary N) is 1. The molecule has 94 valence electrons. The van der Waals surface area contributed by atoms with Crippen molar-refractivity contribution in [3.05, 3.63) is 53.1 Å². The van der Waals surface area contributed by atoms with E-state index in [0.717, 1.165) is 22.9 Å². The number of hydrogen-bond acceptors (Lipinski definition) is 2. The van der Waals surface area contributed by atoms with Gasteiger partial charge in [0.15, 0.2) is 5.82 Å².